The number of hydrogen-bond donors (Lipinski definition) is 3. The van der Waals surface area contributed by atoms with E-state index in [1.807, 2.05) is 19.1 Å². The Labute approximate surface area is 144 Å². The summed E-state index contributed by atoms with van der Waals surface area (Å²) in [5, 5.41) is 16.5. The Balaban J connectivity index is 0.00000400. The molecule has 0 saturated carbocycles. The summed E-state index contributed by atoms with van der Waals surface area (Å²) in [4.78, 5) is 4.48. The molecule has 0 spiro atoms. The standard InChI is InChI=1S/C15H25N3O2.HI/c1-6-16-14(18-15(2,3)4)17-10-11-8-7-9-12(20-5)13(11)19;/h7-9,19H,6,10H2,1-5H3,(H2,16,17,18);1H. The lowest BCUT2D eigenvalue weighted by atomic mass is 10.1. The van der Waals surface area contributed by atoms with Gasteiger partial charge in [0.25, 0.3) is 0 Å². The topological polar surface area (TPSA) is 65.9 Å². The number of nitrogens with zero attached hydrogens (tertiary/aromatic N) is 1. The third-order valence-electron chi connectivity index (χ3n) is 2.55. The van der Waals surface area contributed by atoms with E-state index in [4.69, 9.17) is 4.74 Å². The summed E-state index contributed by atoms with van der Waals surface area (Å²) in [6.07, 6.45) is 0. The van der Waals surface area contributed by atoms with Crippen LogP contribution in [0, 0.1) is 0 Å². The van der Waals surface area contributed by atoms with Gasteiger partial charge in [0.05, 0.1) is 13.7 Å². The number of rotatable bonds is 4. The lowest BCUT2D eigenvalue weighted by molar-refractivity contribution is 0.370. The van der Waals surface area contributed by atoms with Gasteiger partial charge in [-0.2, -0.15) is 0 Å². The van der Waals surface area contributed by atoms with Crippen molar-refractivity contribution in [1.29, 1.82) is 0 Å². The first-order valence-corrected chi connectivity index (χ1v) is 6.78. The van der Waals surface area contributed by atoms with E-state index in [1.54, 1.807) is 6.07 Å². The van der Waals surface area contributed by atoms with Crippen LogP contribution in [0.15, 0.2) is 23.2 Å². The van der Waals surface area contributed by atoms with Gasteiger partial charge in [0.15, 0.2) is 17.5 Å². The molecular weight excluding hydrogens is 381 g/mol. The van der Waals surface area contributed by atoms with E-state index in [-0.39, 0.29) is 35.3 Å². The van der Waals surface area contributed by atoms with Crippen molar-refractivity contribution < 1.29 is 9.84 Å². The highest BCUT2D eigenvalue weighted by atomic mass is 127. The van der Waals surface area contributed by atoms with Crippen molar-refractivity contribution in [2.24, 2.45) is 4.99 Å². The number of phenolic OH excluding ortho intramolecular Hbond substituents is 1. The van der Waals surface area contributed by atoms with Crippen LogP contribution < -0.4 is 15.4 Å². The molecule has 1 aromatic carbocycles. The lowest BCUT2D eigenvalue weighted by Crippen LogP contribution is -2.47. The van der Waals surface area contributed by atoms with Crippen molar-refractivity contribution in [3.63, 3.8) is 0 Å². The molecule has 0 atom stereocenters. The number of halogens is 1. The molecule has 1 aromatic rings. The Morgan fingerprint density at radius 3 is 2.52 bits per heavy atom. The van der Waals surface area contributed by atoms with E-state index in [2.05, 4.69) is 36.4 Å². The van der Waals surface area contributed by atoms with Crippen LogP contribution in [0.1, 0.15) is 33.3 Å². The van der Waals surface area contributed by atoms with Gasteiger partial charge in [-0.05, 0) is 33.8 Å². The van der Waals surface area contributed by atoms with Crippen LogP contribution in [0.25, 0.3) is 0 Å². The number of ether oxygens (including phenoxy) is 1. The van der Waals surface area contributed by atoms with E-state index in [1.165, 1.54) is 7.11 Å². The largest absolute Gasteiger partial charge is 0.504 e. The quantitative estimate of drug-likeness (QED) is 0.408. The number of nitrogens with one attached hydrogen (secondary N) is 2. The Kier molecular flexibility index (Phi) is 8.46. The van der Waals surface area contributed by atoms with E-state index in [0.717, 1.165) is 18.1 Å². The fraction of sp³-hybridized carbons (Fsp3) is 0.533. The molecular formula is C15H26IN3O2. The van der Waals surface area contributed by atoms with Crippen molar-refractivity contribution >= 4 is 29.9 Å². The molecule has 0 radical (unpaired) electrons. The minimum Gasteiger partial charge on any atom is -0.504 e. The molecule has 0 bridgehead atoms. The van der Waals surface area contributed by atoms with Gasteiger partial charge in [-0.25, -0.2) is 4.99 Å². The maximum absolute atomic E-state index is 10.0. The molecule has 0 aliphatic carbocycles. The molecule has 3 N–H and O–H groups in total. The average molecular weight is 407 g/mol. The van der Waals surface area contributed by atoms with E-state index in [9.17, 15) is 5.11 Å². The van der Waals surface area contributed by atoms with Crippen LogP contribution in [-0.2, 0) is 6.54 Å². The number of para-hydroxylation sites is 1. The molecule has 5 nitrogen and oxygen atoms in total. The maximum Gasteiger partial charge on any atom is 0.191 e. The van der Waals surface area contributed by atoms with Gasteiger partial charge >= 0.3 is 0 Å². The molecule has 0 aliphatic rings. The molecule has 0 aliphatic heterocycles. The van der Waals surface area contributed by atoms with Gasteiger partial charge in [-0.3, -0.25) is 0 Å². The van der Waals surface area contributed by atoms with E-state index >= 15 is 0 Å². The summed E-state index contributed by atoms with van der Waals surface area (Å²) in [5.41, 5.74) is 0.660. The first-order chi connectivity index (χ1) is 9.37. The Morgan fingerprint density at radius 2 is 2.00 bits per heavy atom. The first-order valence-electron chi connectivity index (χ1n) is 6.78. The van der Waals surface area contributed by atoms with Crippen LogP contribution >= 0.6 is 24.0 Å². The number of benzene rings is 1. The molecule has 0 saturated heterocycles. The molecule has 0 amide bonds. The zero-order valence-corrected chi connectivity index (χ0v) is 15.7. The second kappa shape index (κ2) is 8.96. The van der Waals surface area contributed by atoms with E-state index < -0.39 is 0 Å². The van der Waals surface area contributed by atoms with Crippen LogP contribution in [-0.4, -0.2) is 30.3 Å². The Morgan fingerprint density at radius 1 is 1.33 bits per heavy atom. The predicted octanol–water partition coefficient (Wildman–Crippen LogP) is 2.87. The minimum absolute atomic E-state index is 0. The number of methoxy groups -OCH3 is 1. The number of phenols is 1. The van der Waals surface area contributed by atoms with Gasteiger partial charge in [0, 0.05) is 17.6 Å². The van der Waals surface area contributed by atoms with Crippen molar-refractivity contribution in [1.82, 2.24) is 10.6 Å². The summed E-state index contributed by atoms with van der Waals surface area (Å²) < 4.78 is 5.09. The first kappa shape index (κ1) is 19.8. The van der Waals surface area contributed by atoms with E-state index in [0.29, 0.717) is 12.3 Å². The van der Waals surface area contributed by atoms with Crippen LogP contribution in [0.5, 0.6) is 11.5 Å². The molecule has 0 fully saturated rings. The minimum atomic E-state index is -0.0720. The van der Waals surface area contributed by atoms with Gasteiger partial charge < -0.3 is 20.5 Å². The molecule has 0 heterocycles. The number of guanidine groups is 1. The fourth-order valence-corrected chi connectivity index (χ4v) is 1.69. The second-order valence-electron chi connectivity index (χ2n) is 5.54. The summed E-state index contributed by atoms with van der Waals surface area (Å²) in [7, 11) is 1.54. The summed E-state index contributed by atoms with van der Waals surface area (Å²) in [5.74, 6) is 1.33. The molecule has 0 unspecified atom stereocenters. The Bertz CT molecular complexity index is 470. The normalized spacial score (nSPS) is 11.6. The van der Waals surface area contributed by atoms with Crippen molar-refractivity contribution in [2.45, 2.75) is 39.8 Å². The van der Waals surface area contributed by atoms with Crippen molar-refractivity contribution in [2.75, 3.05) is 13.7 Å². The number of hydrogen-bond acceptors (Lipinski definition) is 3. The average Bonchev–Trinajstić information content (AvgIpc) is 2.36. The lowest BCUT2D eigenvalue weighted by Gasteiger charge is -2.23. The fourth-order valence-electron chi connectivity index (χ4n) is 1.69. The van der Waals surface area contributed by atoms with Crippen molar-refractivity contribution in [3.8, 4) is 11.5 Å². The maximum atomic E-state index is 10.0. The molecule has 1 rings (SSSR count). The molecule has 21 heavy (non-hydrogen) atoms. The predicted molar refractivity (Wildman–Crippen MR) is 97.8 cm³/mol. The highest BCUT2D eigenvalue weighted by Crippen LogP contribution is 2.29. The van der Waals surface area contributed by atoms with Gasteiger partial charge in [-0.15, -0.1) is 24.0 Å². The van der Waals surface area contributed by atoms with Crippen LogP contribution in [0.3, 0.4) is 0 Å². The summed E-state index contributed by atoms with van der Waals surface area (Å²) in [6, 6.07) is 5.40. The van der Waals surface area contributed by atoms with Crippen LogP contribution in [0.4, 0.5) is 0 Å². The zero-order chi connectivity index (χ0) is 15.2. The molecule has 120 valence electrons. The second-order valence-corrected chi connectivity index (χ2v) is 5.54. The highest BCUT2D eigenvalue weighted by molar-refractivity contribution is 14.0. The van der Waals surface area contributed by atoms with Gasteiger partial charge in [0.2, 0.25) is 0 Å². The summed E-state index contributed by atoms with van der Waals surface area (Å²) >= 11 is 0. The van der Waals surface area contributed by atoms with Gasteiger partial charge in [0.1, 0.15) is 0 Å². The smallest absolute Gasteiger partial charge is 0.191 e. The third-order valence-corrected chi connectivity index (χ3v) is 2.55. The Hall–Kier alpha value is -1.18. The molecule has 0 aromatic heterocycles. The SMILES string of the molecule is CCNC(=NCc1cccc(OC)c1O)NC(C)(C)C.I. The third kappa shape index (κ3) is 6.88. The number of aliphatic imine (C=N–C) groups is 1. The zero-order valence-electron chi connectivity index (χ0n) is 13.4. The van der Waals surface area contributed by atoms with Crippen molar-refractivity contribution in [3.05, 3.63) is 23.8 Å². The highest BCUT2D eigenvalue weighted by Gasteiger charge is 2.12. The van der Waals surface area contributed by atoms with Crippen LogP contribution in [0.2, 0.25) is 0 Å². The monoisotopic (exact) mass is 407 g/mol. The molecule has 6 heteroatoms. The van der Waals surface area contributed by atoms with Gasteiger partial charge in [-0.1, -0.05) is 12.1 Å². The number of aromatic hydroxyl groups is 1. The summed E-state index contributed by atoms with van der Waals surface area (Å²) in [6.45, 7) is 9.40.